The highest BCUT2D eigenvalue weighted by atomic mass is 16.2. The van der Waals surface area contributed by atoms with Gasteiger partial charge in [-0.1, -0.05) is 36.4 Å². The number of fused-ring (bicyclic) bond motifs is 1. The Morgan fingerprint density at radius 2 is 1.60 bits per heavy atom. The minimum atomic E-state index is -0.0196. The Morgan fingerprint density at radius 3 is 2.40 bits per heavy atom. The lowest BCUT2D eigenvalue weighted by atomic mass is 9.95. The highest BCUT2D eigenvalue weighted by molar-refractivity contribution is 5.93. The molecule has 2 aromatic rings. The summed E-state index contributed by atoms with van der Waals surface area (Å²) in [5, 5.41) is 3.19. The van der Waals surface area contributed by atoms with Gasteiger partial charge in [-0.05, 0) is 55.4 Å². The van der Waals surface area contributed by atoms with Crippen LogP contribution in [0.2, 0.25) is 0 Å². The number of hydrogen-bond acceptors (Lipinski definition) is 3. The number of amides is 2. The Hall–Kier alpha value is -2.82. The van der Waals surface area contributed by atoms with Gasteiger partial charge < -0.3 is 15.1 Å². The third-order valence-electron chi connectivity index (χ3n) is 6.72. The first-order valence-electron chi connectivity index (χ1n) is 11.2. The predicted octanol–water partition coefficient (Wildman–Crippen LogP) is 3.84. The van der Waals surface area contributed by atoms with E-state index >= 15 is 0 Å². The molecule has 1 aliphatic carbocycles. The number of nitrogens with zero attached hydrogens (tertiary/aromatic N) is 2. The molecule has 2 aliphatic heterocycles. The minimum Gasteiger partial charge on any atom is -0.367 e. The fraction of sp³-hybridized carbons (Fsp3) is 0.440. The van der Waals surface area contributed by atoms with Crippen molar-refractivity contribution in [2.45, 2.75) is 38.6 Å². The lowest BCUT2D eigenvalue weighted by Gasteiger charge is -2.31. The Labute approximate surface area is 178 Å². The first-order valence-corrected chi connectivity index (χ1v) is 11.2. The summed E-state index contributed by atoms with van der Waals surface area (Å²) in [4.78, 5) is 29.5. The number of likely N-dealkylation sites (tertiary alicyclic amines) is 1. The standard InChI is InChI=1S/C25H29N3O2/c29-24(19-12-14-27(15-13-19)25(30)20-9-10-20)26-22-7-3-1-6-21(22)17-28-16-11-18-5-2-4-8-23(18)28/h1-8,19-20H,9-17H2,(H,26,29). The Balaban J connectivity index is 1.22. The number of nitrogens with one attached hydrogen (secondary N) is 1. The van der Waals surface area contributed by atoms with E-state index in [2.05, 4.69) is 40.5 Å². The maximum Gasteiger partial charge on any atom is 0.227 e. The van der Waals surface area contributed by atoms with Gasteiger partial charge in [0.1, 0.15) is 0 Å². The molecule has 1 saturated heterocycles. The van der Waals surface area contributed by atoms with Gasteiger partial charge in [-0.2, -0.15) is 0 Å². The highest BCUT2D eigenvalue weighted by Gasteiger charge is 2.36. The molecule has 1 saturated carbocycles. The van der Waals surface area contributed by atoms with Gasteiger partial charge in [0.05, 0.1) is 0 Å². The molecule has 5 nitrogen and oxygen atoms in total. The zero-order chi connectivity index (χ0) is 20.5. The lowest BCUT2D eigenvalue weighted by Crippen LogP contribution is -2.42. The van der Waals surface area contributed by atoms with Crippen LogP contribution >= 0.6 is 0 Å². The number of para-hydroxylation sites is 2. The fourth-order valence-electron chi connectivity index (χ4n) is 4.74. The van der Waals surface area contributed by atoms with E-state index in [1.165, 1.54) is 11.3 Å². The van der Waals surface area contributed by atoms with Crippen LogP contribution in [-0.2, 0) is 22.6 Å². The Bertz CT molecular complexity index is 945. The van der Waals surface area contributed by atoms with E-state index in [1.807, 2.05) is 23.1 Å². The number of piperidine rings is 1. The van der Waals surface area contributed by atoms with Gasteiger partial charge >= 0.3 is 0 Å². The van der Waals surface area contributed by atoms with E-state index in [9.17, 15) is 9.59 Å². The molecule has 30 heavy (non-hydrogen) atoms. The topological polar surface area (TPSA) is 52.7 Å². The lowest BCUT2D eigenvalue weighted by molar-refractivity contribution is -0.135. The molecule has 0 atom stereocenters. The summed E-state index contributed by atoms with van der Waals surface area (Å²) in [5.41, 5.74) is 4.74. The summed E-state index contributed by atoms with van der Waals surface area (Å²) in [5.74, 6) is 0.625. The minimum absolute atomic E-state index is 0.0196. The largest absolute Gasteiger partial charge is 0.367 e. The molecule has 2 heterocycles. The van der Waals surface area contributed by atoms with Crippen LogP contribution in [0.25, 0.3) is 0 Å². The second-order valence-electron chi connectivity index (χ2n) is 8.82. The number of benzene rings is 2. The SMILES string of the molecule is O=C(Nc1ccccc1CN1CCc2ccccc21)C1CCN(C(=O)C2CC2)CC1. The summed E-state index contributed by atoms with van der Waals surface area (Å²) in [6.45, 7) is 3.22. The number of rotatable bonds is 5. The van der Waals surface area contributed by atoms with Crippen molar-refractivity contribution in [1.82, 2.24) is 4.90 Å². The van der Waals surface area contributed by atoms with E-state index in [0.717, 1.165) is 56.4 Å². The van der Waals surface area contributed by atoms with Crippen LogP contribution in [0.1, 0.15) is 36.8 Å². The van der Waals surface area contributed by atoms with Crippen LogP contribution < -0.4 is 10.2 Å². The normalized spacial score (nSPS) is 18.9. The number of carbonyl (C=O) groups is 2. The first kappa shape index (κ1) is 19.2. The molecule has 0 unspecified atom stereocenters. The van der Waals surface area contributed by atoms with Crippen LogP contribution in [-0.4, -0.2) is 36.3 Å². The zero-order valence-corrected chi connectivity index (χ0v) is 17.3. The van der Waals surface area contributed by atoms with Crippen molar-refractivity contribution in [3.05, 3.63) is 59.7 Å². The van der Waals surface area contributed by atoms with Crippen LogP contribution in [0.4, 0.5) is 11.4 Å². The second kappa shape index (κ2) is 8.13. The van der Waals surface area contributed by atoms with Crippen molar-refractivity contribution in [1.29, 1.82) is 0 Å². The molecule has 3 aliphatic rings. The van der Waals surface area contributed by atoms with Crippen LogP contribution in [0, 0.1) is 11.8 Å². The van der Waals surface area contributed by atoms with E-state index < -0.39 is 0 Å². The molecule has 0 bridgehead atoms. The molecule has 0 radical (unpaired) electrons. The zero-order valence-electron chi connectivity index (χ0n) is 17.3. The summed E-state index contributed by atoms with van der Waals surface area (Å²) in [6, 6.07) is 16.7. The van der Waals surface area contributed by atoms with Crippen molar-refractivity contribution in [3.63, 3.8) is 0 Å². The van der Waals surface area contributed by atoms with Crippen molar-refractivity contribution in [3.8, 4) is 0 Å². The number of carbonyl (C=O) groups excluding carboxylic acids is 2. The van der Waals surface area contributed by atoms with Gasteiger partial charge in [0.2, 0.25) is 11.8 Å². The smallest absolute Gasteiger partial charge is 0.227 e. The van der Waals surface area contributed by atoms with E-state index in [0.29, 0.717) is 19.0 Å². The quantitative estimate of drug-likeness (QED) is 0.825. The van der Waals surface area contributed by atoms with Gasteiger partial charge in [0.15, 0.2) is 0 Å². The molecular weight excluding hydrogens is 374 g/mol. The Morgan fingerprint density at radius 1 is 0.867 bits per heavy atom. The van der Waals surface area contributed by atoms with E-state index in [4.69, 9.17) is 0 Å². The monoisotopic (exact) mass is 403 g/mol. The molecule has 2 aromatic carbocycles. The summed E-state index contributed by atoms with van der Waals surface area (Å²) >= 11 is 0. The van der Waals surface area contributed by atoms with Gasteiger partial charge in [0.25, 0.3) is 0 Å². The molecule has 0 spiro atoms. The molecular formula is C25H29N3O2. The van der Waals surface area contributed by atoms with Crippen LogP contribution in [0.15, 0.2) is 48.5 Å². The van der Waals surface area contributed by atoms with Gasteiger partial charge in [-0.3, -0.25) is 9.59 Å². The third-order valence-corrected chi connectivity index (χ3v) is 6.72. The number of anilines is 2. The third kappa shape index (κ3) is 3.93. The van der Waals surface area contributed by atoms with E-state index in [1.54, 1.807) is 0 Å². The molecule has 2 fully saturated rings. The van der Waals surface area contributed by atoms with Gasteiger partial charge in [-0.25, -0.2) is 0 Å². The second-order valence-corrected chi connectivity index (χ2v) is 8.82. The molecule has 0 aromatic heterocycles. The molecule has 2 amide bonds. The molecule has 1 N–H and O–H groups in total. The van der Waals surface area contributed by atoms with Crippen LogP contribution in [0.3, 0.4) is 0 Å². The van der Waals surface area contributed by atoms with Crippen molar-refractivity contribution < 1.29 is 9.59 Å². The maximum atomic E-state index is 12.9. The van der Waals surface area contributed by atoms with Crippen molar-refractivity contribution in [2.75, 3.05) is 29.9 Å². The first-order chi connectivity index (χ1) is 14.7. The van der Waals surface area contributed by atoms with Gasteiger partial charge in [0, 0.05) is 49.4 Å². The van der Waals surface area contributed by atoms with Crippen LogP contribution in [0.5, 0.6) is 0 Å². The highest BCUT2D eigenvalue weighted by Crippen LogP contribution is 2.33. The summed E-state index contributed by atoms with van der Waals surface area (Å²) in [6.07, 6.45) is 4.66. The average Bonchev–Trinajstić information content (AvgIpc) is 3.56. The maximum absolute atomic E-state index is 12.9. The fourth-order valence-corrected chi connectivity index (χ4v) is 4.74. The van der Waals surface area contributed by atoms with Gasteiger partial charge in [-0.15, -0.1) is 0 Å². The average molecular weight is 404 g/mol. The predicted molar refractivity (Wildman–Crippen MR) is 118 cm³/mol. The summed E-state index contributed by atoms with van der Waals surface area (Å²) < 4.78 is 0. The molecule has 5 rings (SSSR count). The summed E-state index contributed by atoms with van der Waals surface area (Å²) in [7, 11) is 0. The Kier molecular flexibility index (Phi) is 5.19. The molecule has 5 heteroatoms. The number of hydrogen-bond donors (Lipinski definition) is 1. The van der Waals surface area contributed by atoms with E-state index in [-0.39, 0.29) is 17.7 Å². The van der Waals surface area contributed by atoms with Crippen molar-refractivity contribution in [2.24, 2.45) is 11.8 Å². The van der Waals surface area contributed by atoms with Crippen molar-refractivity contribution >= 4 is 23.2 Å². The molecule has 156 valence electrons.